The number of benzene rings is 1. The Morgan fingerprint density at radius 2 is 1.92 bits per heavy atom. The second-order valence-corrected chi connectivity index (χ2v) is 3.45. The molecular formula is C9H10ClNO. The van der Waals surface area contributed by atoms with Crippen LogP contribution in [0.5, 0.6) is 5.75 Å². The predicted molar refractivity (Wildman–Crippen MR) is 48.5 cm³/mol. The second kappa shape index (κ2) is 2.96. The first-order chi connectivity index (χ1) is 5.75. The van der Waals surface area contributed by atoms with Gasteiger partial charge in [0.05, 0.1) is 0 Å². The van der Waals surface area contributed by atoms with Crippen LogP contribution in [0.25, 0.3) is 0 Å². The topological polar surface area (TPSA) is 35.2 Å². The summed E-state index contributed by atoms with van der Waals surface area (Å²) in [5.74, 6) is 0.845. The molecule has 1 aliphatic carbocycles. The van der Waals surface area contributed by atoms with Gasteiger partial charge in [-0.05, 0) is 24.3 Å². The Morgan fingerprint density at radius 3 is 2.42 bits per heavy atom. The van der Waals surface area contributed by atoms with E-state index in [2.05, 4.69) is 0 Å². The molecule has 1 aliphatic rings. The molecule has 0 radical (unpaired) electrons. The maximum atomic E-state index is 5.71. The van der Waals surface area contributed by atoms with Crippen molar-refractivity contribution in [2.75, 3.05) is 0 Å². The molecule has 3 heteroatoms. The fourth-order valence-corrected chi connectivity index (χ4v) is 1.14. The fraction of sp³-hybridized carbons (Fsp3) is 0.333. The lowest BCUT2D eigenvalue weighted by Crippen LogP contribution is -2.10. The summed E-state index contributed by atoms with van der Waals surface area (Å²) >= 11 is 5.71. The van der Waals surface area contributed by atoms with Gasteiger partial charge in [-0.15, -0.1) is 0 Å². The maximum Gasteiger partial charge on any atom is 0.119 e. The summed E-state index contributed by atoms with van der Waals surface area (Å²) < 4.78 is 5.51. The number of hydrogen-bond donors (Lipinski definition) is 1. The molecule has 0 spiro atoms. The van der Waals surface area contributed by atoms with Gasteiger partial charge in [-0.2, -0.15) is 0 Å². The molecule has 0 aliphatic heterocycles. The van der Waals surface area contributed by atoms with Crippen LogP contribution >= 0.6 is 11.6 Å². The first kappa shape index (κ1) is 7.90. The van der Waals surface area contributed by atoms with Gasteiger partial charge in [0.1, 0.15) is 11.9 Å². The average Bonchev–Trinajstić information content (AvgIpc) is 2.72. The highest BCUT2D eigenvalue weighted by molar-refractivity contribution is 6.30. The van der Waals surface area contributed by atoms with Crippen molar-refractivity contribution in [2.24, 2.45) is 5.73 Å². The number of hydrogen-bond acceptors (Lipinski definition) is 2. The Morgan fingerprint density at radius 1 is 1.33 bits per heavy atom. The summed E-state index contributed by atoms with van der Waals surface area (Å²) in [6.07, 6.45) is 1.17. The van der Waals surface area contributed by atoms with E-state index in [-0.39, 0.29) is 12.1 Å². The standard InChI is InChI=1S/C9H10ClNO/c10-6-1-3-7(4-2-6)12-9-5-8(9)11/h1-4,8-9H,5,11H2. The Kier molecular flexibility index (Phi) is 1.95. The first-order valence-electron chi connectivity index (χ1n) is 3.93. The molecule has 12 heavy (non-hydrogen) atoms. The lowest BCUT2D eigenvalue weighted by Gasteiger charge is -2.03. The van der Waals surface area contributed by atoms with Gasteiger partial charge in [0.2, 0.25) is 0 Å². The van der Waals surface area contributed by atoms with Crippen molar-refractivity contribution >= 4 is 11.6 Å². The minimum absolute atomic E-state index is 0.214. The maximum absolute atomic E-state index is 5.71. The van der Waals surface area contributed by atoms with Crippen molar-refractivity contribution in [1.29, 1.82) is 0 Å². The Bertz CT molecular complexity index is 272. The minimum atomic E-state index is 0.214. The Labute approximate surface area is 76.3 Å². The number of nitrogens with two attached hydrogens (primary N) is 1. The quantitative estimate of drug-likeness (QED) is 0.759. The smallest absolute Gasteiger partial charge is 0.119 e. The van der Waals surface area contributed by atoms with E-state index in [4.69, 9.17) is 22.1 Å². The minimum Gasteiger partial charge on any atom is -0.489 e. The van der Waals surface area contributed by atoms with Crippen LogP contribution in [0.15, 0.2) is 24.3 Å². The van der Waals surface area contributed by atoms with Crippen molar-refractivity contribution in [3.63, 3.8) is 0 Å². The summed E-state index contributed by atoms with van der Waals surface area (Å²) in [6.45, 7) is 0. The van der Waals surface area contributed by atoms with Crippen LogP contribution in [0, 0.1) is 0 Å². The van der Waals surface area contributed by atoms with Crippen LogP contribution in [-0.4, -0.2) is 12.1 Å². The zero-order chi connectivity index (χ0) is 8.55. The number of halogens is 1. The number of rotatable bonds is 2. The highest BCUT2D eigenvalue weighted by atomic mass is 35.5. The van der Waals surface area contributed by atoms with Gasteiger partial charge in [0.15, 0.2) is 0 Å². The molecule has 1 aromatic rings. The lowest BCUT2D eigenvalue weighted by molar-refractivity contribution is 0.296. The van der Waals surface area contributed by atoms with Crippen LogP contribution in [0.3, 0.4) is 0 Å². The summed E-state index contributed by atoms with van der Waals surface area (Å²) in [5.41, 5.74) is 5.59. The largest absolute Gasteiger partial charge is 0.489 e. The third-order valence-electron chi connectivity index (χ3n) is 1.88. The molecule has 2 nitrogen and oxygen atoms in total. The van der Waals surface area contributed by atoms with Crippen LogP contribution in [0.1, 0.15) is 6.42 Å². The SMILES string of the molecule is NC1CC1Oc1ccc(Cl)cc1. The van der Waals surface area contributed by atoms with Crippen LogP contribution < -0.4 is 10.5 Å². The molecule has 0 bridgehead atoms. The molecule has 0 amide bonds. The van der Waals surface area contributed by atoms with Crippen molar-refractivity contribution in [3.8, 4) is 5.75 Å². The van der Waals surface area contributed by atoms with Crippen molar-refractivity contribution in [3.05, 3.63) is 29.3 Å². The molecule has 0 saturated heterocycles. The van der Waals surface area contributed by atoms with Crippen LogP contribution in [0.4, 0.5) is 0 Å². The summed E-state index contributed by atoms with van der Waals surface area (Å²) in [6, 6.07) is 7.55. The zero-order valence-corrected chi connectivity index (χ0v) is 7.29. The van der Waals surface area contributed by atoms with Crippen LogP contribution in [-0.2, 0) is 0 Å². The van der Waals surface area contributed by atoms with Crippen molar-refractivity contribution in [1.82, 2.24) is 0 Å². The van der Waals surface area contributed by atoms with Gasteiger partial charge < -0.3 is 10.5 Å². The van der Waals surface area contributed by atoms with Crippen molar-refractivity contribution in [2.45, 2.75) is 18.6 Å². The normalized spacial score (nSPS) is 26.8. The van der Waals surface area contributed by atoms with Gasteiger partial charge in [0.25, 0.3) is 0 Å². The van der Waals surface area contributed by atoms with E-state index >= 15 is 0 Å². The highest BCUT2D eigenvalue weighted by Crippen LogP contribution is 2.26. The molecule has 1 aromatic carbocycles. The van der Waals surface area contributed by atoms with Gasteiger partial charge >= 0.3 is 0 Å². The molecule has 2 N–H and O–H groups in total. The van der Waals surface area contributed by atoms with Crippen molar-refractivity contribution < 1.29 is 4.74 Å². The van der Waals surface area contributed by atoms with E-state index in [1.54, 1.807) is 0 Å². The summed E-state index contributed by atoms with van der Waals surface area (Å²) in [7, 11) is 0. The van der Waals surface area contributed by atoms with Gasteiger partial charge in [-0.1, -0.05) is 11.6 Å². The monoisotopic (exact) mass is 183 g/mol. The van der Waals surface area contributed by atoms with Gasteiger partial charge in [-0.25, -0.2) is 0 Å². The molecule has 64 valence electrons. The van der Waals surface area contributed by atoms with Gasteiger partial charge in [-0.3, -0.25) is 0 Å². The molecule has 0 aromatic heterocycles. The van der Waals surface area contributed by atoms with Crippen LogP contribution in [0.2, 0.25) is 5.02 Å². The molecule has 2 unspecified atom stereocenters. The summed E-state index contributed by atoms with van der Waals surface area (Å²) in [5, 5.41) is 0.724. The van der Waals surface area contributed by atoms with Gasteiger partial charge in [0, 0.05) is 17.5 Å². The van der Waals surface area contributed by atoms with E-state index in [0.717, 1.165) is 17.2 Å². The van der Waals surface area contributed by atoms with E-state index in [9.17, 15) is 0 Å². The first-order valence-corrected chi connectivity index (χ1v) is 4.31. The average molecular weight is 184 g/mol. The molecule has 2 rings (SSSR count). The third-order valence-corrected chi connectivity index (χ3v) is 2.13. The number of ether oxygens (including phenoxy) is 1. The molecule has 1 saturated carbocycles. The lowest BCUT2D eigenvalue weighted by atomic mass is 10.3. The molecule has 2 atom stereocenters. The predicted octanol–water partition coefficient (Wildman–Crippen LogP) is 1.82. The zero-order valence-electron chi connectivity index (χ0n) is 6.53. The second-order valence-electron chi connectivity index (χ2n) is 3.01. The molecule has 0 heterocycles. The van der Waals surface area contributed by atoms with E-state index in [1.165, 1.54) is 0 Å². The Balaban J connectivity index is 2.00. The fourth-order valence-electron chi connectivity index (χ4n) is 1.01. The van der Waals surface area contributed by atoms with E-state index in [0.29, 0.717) is 0 Å². The summed E-state index contributed by atoms with van der Waals surface area (Å²) in [4.78, 5) is 0. The third kappa shape index (κ3) is 1.71. The Hall–Kier alpha value is -0.730. The molecule has 1 fully saturated rings. The highest BCUT2D eigenvalue weighted by Gasteiger charge is 2.35. The molecular weight excluding hydrogens is 174 g/mol. The van der Waals surface area contributed by atoms with E-state index in [1.807, 2.05) is 24.3 Å². The van der Waals surface area contributed by atoms with E-state index < -0.39 is 0 Å².